The largest absolute Gasteiger partial charge is 0.398 e. The number of rotatable bonds is 3. The van der Waals surface area contributed by atoms with Gasteiger partial charge in [0.05, 0.1) is 5.69 Å². The maximum atomic E-state index is 5.86. The highest BCUT2D eigenvalue weighted by atomic mass is 32.2. The summed E-state index contributed by atoms with van der Waals surface area (Å²) in [5.41, 5.74) is 8.96. The molecule has 0 bridgehead atoms. The second-order valence-corrected chi connectivity index (χ2v) is 4.60. The molecule has 2 aromatic rings. The Morgan fingerprint density at radius 2 is 2.06 bits per heavy atom. The summed E-state index contributed by atoms with van der Waals surface area (Å²) in [4.78, 5) is 5.52. The lowest BCUT2D eigenvalue weighted by molar-refractivity contribution is 1.17. The van der Waals surface area contributed by atoms with Crippen LogP contribution in [0.4, 0.5) is 5.69 Å². The highest BCUT2D eigenvalue weighted by Gasteiger charge is 2.02. The van der Waals surface area contributed by atoms with Crippen LogP contribution in [0.2, 0.25) is 0 Å². The van der Waals surface area contributed by atoms with E-state index in [1.807, 2.05) is 36.5 Å². The van der Waals surface area contributed by atoms with Gasteiger partial charge in [-0.05, 0) is 36.8 Å². The van der Waals surface area contributed by atoms with Gasteiger partial charge in [-0.1, -0.05) is 12.1 Å². The minimum Gasteiger partial charge on any atom is -0.398 e. The van der Waals surface area contributed by atoms with Crippen molar-refractivity contribution in [2.24, 2.45) is 0 Å². The smallest absolute Gasteiger partial charge is 0.0506 e. The fourth-order valence-electron chi connectivity index (χ4n) is 1.42. The van der Waals surface area contributed by atoms with Crippen LogP contribution in [-0.2, 0) is 5.75 Å². The summed E-state index contributed by atoms with van der Waals surface area (Å²) in [6, 6.07) is 12.0. The number of anilines is 1. The Labute approximate surface area is 99.9 Å². The predicted octanol–water partition coefficient (Wildman–Crippen LogP) is 3.26. The number of nitrogens with zero attached hydrogens (tertiary/aromatic N) is 1. The van der Waals surface area contributed by atoms with Crippen molar-refractivity contribution >= 4 is 17.4 Å². The number of benzene rings is 1. The van der Waals surface area contributed by atoms with Gasteiger partial charge in [0.25, 0.3) is 0 Å². The van der Waals surface area contributed by atoms with Crippen LogP contribution in [0.3, 0.4) is 0 Å². The van der Waals surface area contributed by atoms with E-state index in [2.05, 4.69) is 18.0 Å². The molecule has 1 heterocycles. The maximum absolute atomic E-state index is 5.86. The Morgan fingerprint density at radius 1 is 1.19 bits per heavy atom. The first-order valence-corrected chi connectivity index (χ1v) is 6.14. The van der Waals surface area contributed by atoms with Gasteiger partial charge in [0, 0.05) is 22.5 Å². The molecule has 1 aromatic carbocycles. The van der Waals surface area contributed by atoms with Crippen LogP contribution < -0.4 is 5.73 Å². The minimum absolute atomic E-state index is 0.853. The van der Waals surface area contributed by atoms with E-state index in [9.17, 15) is 0 Å². The van der Waals surface area contributed by atoms with E-state index in [0.717, 1.165) is 22.7 Å². The number of thioether (sulfide) groups is 1. The van der Waals surface area contributed by atoms with Crippen LogP contribution in [0.15, 0.2) is 47.5 Å². The van der Waals surface area contributed by atoms with E-state index in [1.54, 1.807) is 11.8 Å². The third kappa shape index (κ3) is 2.55. The lowest BCUT2D eigenvalue weighted by Gasteiger charge is -2.07. The summed E-state index contributed by atoms with van der Waals surface area (Å²) in [5.74, 6) is 0.880. The van der Waals surface area contributed by atoms with Crippen molar-refractivity contribution in [3.63, 3.8) is 0 Å². The van der Waals surface area contributed by atoms with Crippen LogP contribution in [0.1, 0.15) is 11.3 Å². The van der Waals surface area contributed by atoms with Crippen LogP contribution in [0.5, 0.6) is 0 Å². The van der Waals surface area contributed by atoms with Gasteiger partial charge in [0.2, 0.25) is 0 Å². The molecule has 0 unspecified atom stereocenters. The van der Waals surface area contributed by atoms with E-state index < -0.39 is 0 Å². The van der Waals surface area contributed by atoms with Gasteiger partial charge in [-0.15, -0.1) is 11.8 Å². The molecule has 2 N–H and O–H groups in total. The first kappa shape index (κ1) is 11.0. The molecule has 2 rings (SSSR count). The number of hydrogen-bond donors (Lipinski definition) is 1. The minimum atomic E-state index is 0.853. The Hall–Kier alpha value is -1.48. The summed E-state index contributed by atoms with van der Waals surface area (Å²) in [6.45, 7) is 2.05. The first-order valence-electron chi connectivity index (χ1n) is 5.15. The zero-order valence-corrected chi connectivity index (χ0v) is 10.00. The predicted molar refractivity (Wildman–Crippen MR) is 69.4 cm³/mol. The summed E-state index contributed by atoms with van der Waals surface area (Å²) < 4.78 is 0. The van der Waals surface area contributed by atoms with Crippen molar-refractivity contribution in [1.82, 2.24) is 4.98 Å². The Balaban J connectivity index is 2.08. The highest BCUT2D eigenvalue weighted by Crippen LogP contribution is 2.28. The summed E-state index contributed by atoms with van der Waals surface area (Å²) in [5, 5.41) is 0. The quantitative estimate of drug-likeness (QED) is 0.649. The van der Waals surface area contributed by atoms with Crippen LogP contribution in [0, 0.1) is 6.92 Å². The lowest BCUT2D eigenvalue weighted by atomic mass is 10.2. The molecule has 0 amide bonds. The molecular formula is C13H14N2S. The van der Waals surface area contributed by atoms with Crippen molar-refractivity contribution in [1.29, 1.82) is 0 Å². The topological polar surface area (TPSA) is 38.9 Å². The van der Waals surface area contributed by atoms with Gasteiger partial charge >= 0.3 is 0 Å². The molecule has 0 aliphatic rings. The highest BCUT2D eigenvalue weighted by molar-refractivity contribution is 7.98. The first-order chi connectivity index (χ1) is 7.77. The van der Waals surface area contributed by atoms with E-state index in [-0.39, 0.29) is 0 Å². The van der Waals surface area contributed by atoms with Gasteiger partial charge in [-0.25, -0.2) is 0 Å². The standard InChI is InChI=1S/C13H14N2S/c1-10-12(14)6-4-7-13(10)16-9-11-5-2-3-8-15-11/h2-8H,9,14H2,1H3. The molecule has 0 atom stereocenters. The molecule has 0 spiro atoms. The average molecular weight is 230 g/mol. The number of aromatic nitrogens is 1. The van der Waals surface area contributed by atoms with Crippen molar-refractivity contribution in [2.75, 3.05) is 5.73 Å². The molecule has 1 aromatic heterocycles. The lowest BCUT2D eigenvalue weighted by Crippen LogP contribution is -1.91. The fraction of sp³-hybridized carbons (Fsp3) is 0.154. The van der Waals surface area contributed by atoms with Crippen molar-refractivity contribution in [3.05, 3.63) is 53.9 Å². The summed E-state index contributed by atoms with van der Waals surface area (Å²) >= 11 is 1.77. The van der Waals surface area contributed by atoms with E-state index in [0.29, 0.717) is 0 Å². The van der Waals surface area contributed by atoms with Crippen LogP contribution >= 0.6 is 11.8 Å². The molecule has 16 heavy (non-hydrogen) atoms. The van der Waals surface area contributed by atoms with Crippen molar-refractivity contribution in [2.45, 2.75) is 17.6 Å². The number of pyridine rings is 1. The molecule has 0 saturated heterocycles. The van der Waals surface area contributed by atoms with Gasteiger partial charge < -0.3 is 5.73 Å². The van der Waals surface area contributed by atoms with E-state index in [4.69, 9.17) is 5.73 Å². The molecule has 0 radical (unpaired) electrons. The van der Waals surface area contributed by atoms with Gasteiger partial charge in [0.15, 0.2) is 0 Å². The van der Waals surface area contributed by atoms with Crippen LogP contribution in [-0.4, -0.2) is 4.98 Å². The molecule has 0 aliphatic carbocycles. The zero-order valence-electron chi connectivity index (χ0n) is 9.18. The number of nitrogens with two attached hydrogens (primary N) is 1. The van der Waals surface area contributed by atoms with Gasteiger partial charge in [-0.3, -0.25) is 4.98 Å². The molecule has 82 valence electrons. The SMILES string of the molecule is Cc1c(N)cccc1SCc1ccccn1. The maximum Gasteiger partial charge on any atom is 0.0506 e. The van der Waals surface area contributed by atoms with Crippen molar-refractivity contribution < 1.29 is 0 Å². The normalized spacial score (nSPS) is 10.3. The Morgan fingerprint density at radius 3 is 2.81 bits per heavy atom. The van der Waals surface area contributed by atoms with Gasteiger partial charge in [0.1, 0.15) is 0 Å². The Bertz CT molecular complexity index is 469. The third-order valence-electron chi connectivity index (χ3n) is 2.43. The molecule has 3 heteroatoms. The second kappa shape index (κ2) is 5.03. The molecule has 0 aliphatic heterocycles. The molecule has 0 fully saturated rings. The van der Waals surface area contributed by atoms with E-state index in [1.165, 1.54) is 4.90 Å². The van der Waals surface area contributed by atoms with Crippen LogP contribution in [0.25, 0.3) is 0 Å². The summed E-state index contributed by atoms with van der Waals surface area (Å²) in [7, 11) is 0. The zero-order chi connectivity index (χ0) is 11.4. The second-order valence-electron chi connectivity index (χ2n) is 3.58. The molecule has 0 saturated carbocycles. The molecule has 2 nitrogen and oxygen atoms in total. The third-order valence-corrected chi connectivity index (χ3v) is 3.62. The average Bonchev–Trinajstić information content (AvgIpc) is 2.32. The number of nitrogen functional groups attached to an aromatic ring is 1. The number of hydrogen-bond acceptors (Lipinski definition) is 3. The van der Waals surface area contributed by atoms with Crippen molar-refractivity contribution in [3.8, 4) is 0 Å². The Kier molecular flexibility index (Phi) is 3.47. The fourth-order valence-corrected chi connectivity index (χ4v) is 2.41. The van der Waals surface area contributed by atoms with E-state index >= 15 is 0 Å². The summed E-state index contributed by atoms with van der Waals surface area (Å²) in [6.07, 6.45) is 1.82. The molecular weight excluding hydrogens is 216 g/mol. The monoisotopic (exact) mass is 230 g/mol. The van der Waals surface area contributed by atoms with Gasteiger partial charge in [-0.2, -0.15) is 0 Å².